The third-order valence-corrected chi connectivity index (χ3v) is 5.47. The van der Waals surface area contributed by atoms with Crippen LogP contribution >= 0.6 is 0 Å². The molecular weight excluding hydrogens is 263 g/mol. The zero-order valence-electron chi connectivity index (χ0n) is 13.3. The van der Waals surface area contributed by atoms with Gasteiger partial charge < -0.3 is 10.2 Å². The second-order valence-corrected chi connectivity index (χ2v) is 7.10. The van der Waals surface area contributed by atoms with Gasteiger partial charge in [-0.2, -0.15) is 0 Å². The summed E-state index contributed by atoms with van der Waals surface area (Å²) >= 11 is 0. The zero-order chi connectivity index (χ0) is 14.9. The molecule has 116 valence electrons. The van der Waals surface area contributed by atoms with Crippen molar-refractivity contribution in [1.82, 2.24) is 5.32 Å². The summed E-state index contributed by atoms with van der Waals surface area (Å²) in [5.74, 6) is 0.329. The van der Waals surface area contributed by atoms with Gasteiger partial charge >= 0.3 is 0 Å². The maximum atomic E-state index is 14.4. The Kier molecular flexibility index (Phi) is 4.21. The lowest BCUT2D eigenvalue weighted by molar-refractivity contribution is 0.154. The highest BCUT2D eigenvalue weighted by Gasteiger charge is 2.35. The number of benzene rings is 1. The minimum absolute atomic E-state index is 0.0533. The van der Waals surface area contributed by atoms with E-state index in [1.165, 1.54) is 25.7 Å². The molecule has 0 amide bonds. The van der Waals surface area contributed by atoms with Crippen LogP contribution in [-0.2, 0) is 0 Å². The maximum Gasteiger partial charge on any atom is 0.146 e. The molecule has 0 radical (unpaired) electrons. The first-order valence-corrected chi connectivity index (χ1v) is 8.35. The molecule has 2 aliphatic heterocycles. The van der Waals surface area contributed by atoms with E-state index in [0.717, 1.165) is 37.4 Å². The molecule has 0 unspecified atom stereocenters. The molecule has 1 aromatic rings. The average molecular weight is 290 g/mol. The van der Waals surface area contributed by atoms with Crippen LogP contribution in [0.3, 0.4) is 0 Å². The molecule has 2 nitrogen and oxygen atoms in total. The fourth-order valence-electron chi connectivity index (χ4n) is 3.82. The maximum absolute atomic E-state index is 14.4. The third kappa shape index (κ3) is 3.08. The Bertz CT molecular complexity index is 482. The number of nitrogens with one attached hydrogen (secondary N) is 1. The lowest BCUT2D eigenvalue weighted by atomic mass is 9.71. The van der Waals surface area contributed by atoms with Crippen molar-refractivity contribution in [2.75, 3.05) is 31.1 Å². The summed E-state index contributed by atoms with van der Waals surface area (Å²) in [7, 11) is 0. The predicted molar refractivity (Wildman–Crippen MR) is 86.5 cm³/mol. The normalized spacial score (nSPS) is 22.0. The Balaban J connectivity index is 1.69. The lowest BCUT2D eigenvalue weighted by Crippen LogP contribution is -2.45. The van der Waals surface area contributed by atoms with Gasteiger partial charge in [-0.15, -0.1) is 0 Å². The van der Waals surface area contributed by atoms with E-state index in [1.54, 1.807) is 6.07 Å². The molecule has 0 atom stereocenters. The summed E-state index contributed by atoms with van der Waals surface area (Å²) in [5.41, 5.74) is 2.40. The quantitative estimate of drug-likeness (QED) is 0.888. The molecule has 21 heavy (non-hydrogen) atoms. The van der Waals surface area contributed by atoms with Gasteiger partial charge in [-0.3, -0.25) is 0 Å². The van der Waals surface area contributed by atoms with Crippen molar-refractivity contribution in [3.8, 4) is 0 Å². The van der Waals surface area contributed by atoms with Crippen LogP contribution < -0.4 is 10.2 Å². The molecule has 0 aliphatic carbocycles. The predicted octanol–water partition coefficient (Wildman–Crippen LogP) is 3.92. The van der Waals surface area contributed by atoms with Crippen molar-refractivity contribution >= 4 is 5.69 Å². The first-order valence-electron chi connectivity index (χ1n) is 8.35. The van der Waals surface area contributed by atoms with Gasteiger partial charge in [-0.25, -0.2) is 4.39 Å². The van der Waals surface area contributed by atoms with E-state index in [0.29, 0.717) is 11.3 Å². The lowest BCUT2D eigenvalue weighted by Gasteiger charge is -2.45. The standard InChI is InChI=1S/C18H27FN2/c1-14(2)15-3-4-17(16(19)13-15)21-11-7-18(8-12-21)5-9-20-10-6-18/h3-4,13-14,20H,5-12H2,1-2H3. The van der Waals surface area contributed by atoms with E-state index in [9.17, 15) is 4.39 Å². The highest BCUT2D eigenvalue weighted by atomic mass is 19.1. The van der Waals surface area contributed by atoms with Gasteiger partial charge in [0.25, 0.3) is 0 Å². The topological polar surface area (TPSA) is 15.3 Å². The highest BCUT2D eigenvalue weighted by Crippen LogP contribution is 2.41. The van der Waals surface area contributed by atoms with Crippen LogP contribution in [-0.4, -0.2) is 26.2 Å². The summed E-state index contributed by atoms with van der Waals surface area (Å²) in [6.07, 6.45) is 4.99. The van der Waals surface area contributed by atoms with Crippen LogP contribution in [0.5, 0.6) is 0 Å². The Hall–Kier alpha value is -1.09. The van der Waals surface area contributed by atoms with Crippen molar-refractivity contribution in [1.29, 1.82) is 0 Å². The molecular formula is C18H27FN2. The molecule has 1 aromatic carbocycles. The fraction of sp³-hybridized carbons (Fsp3) is 0.667. The summed E-state index contributed by atoms with van der Waals surface area (Å²) < 4.78 is 14.4. The van der Waals surface area contributed by atoms with E-state index < -0.39 is 0 Å². The SMILES string of the molecule is CC(C)c1ccc(N2CCC3(CCNCC3)CC2)c(F)c1. The molecule has 1 N–H and O–H groups in total. The Morgan fingerprint density at radius 1 is 1.10 bits per heavy atom. The van der Waals surface area contributed by atoms with Gasteiger partial charge in [0, 0.05) is 13.1 Å². The highest BCUT2D eigenvalue weighted by molar-refractivity contribution is 5.50. The molecule has 2 aliphatic rings. The first-order chi connectivity index (χ1) is 10.1. The Morgan fingerprint density at radius 2 is 1.76 bits per heavy atom. The number of piperidine rings is 2. The van der Waals surface area contributed by atoms with Crippen molar-refractivity contribution in [3.05, 3.63) is 29.6 Å². The largest absolute Gasteiger partial charge is 0.369 e. The number of anilines is 1. The summed E-state index contributed by atoms with van der Waals surface area (Å²) in [5, 5.41) is 3.45. The van der Waals surface area contributed by atoms with E-state index in [4.69, 9.17) is 0 Å². The number of hydrogen-bond donors (Lipinski definition) is 1. The number of halogens is 1. The number of nitrogens with zero attached hydrogens (tertiary/aromatic N) is 1. The molecule has 3 heteroatoms. The Labute approximate surface area is 127 Å². The van der Waals surface area contributed by atoms with Crippen molar-refractivity contribution in [2.24, 2.45) is 5.41 Å². The van der Waals surface area contributed by atoms with Gasteiger partial charge in [0.1, 0.15) is 5.82 Å². The van der Waals surface area contributed by atoms with E-state index in [2.05, 4.69) is 30.1 Å². The fourth-order valence-corrected chi connectivity index (χ4v) is 3.82. The second kappa shape index (κ2) is 5.96. The minimum atomic E-state index is -0.0533. The molecule has 1 spiro atoms. The van der Waals surface area contributed by atoms with Gasteiger partial charge in [0.2, 0.25) is 0 Å². The number of hydrogen-bond acceptors (Lipinski definition) is 2. The average Bonchev–Trinajstić information content (AvgIpc) is 2.49. The van der Waals surface area contributed by atoms with Crippen molar-refractivity contribution < 1.29 is 4.39 Å². The molecule has 2 fully saturated rings. The zero-order valence-corrected chi connectivity index (χ0v) is 13.3. The van der Waals surface area contributed by atoms with Gasteiger partial charge in [0.15, 0.2) is 0 Å². The van der Waals surface area contributed by atoms with Crippen LogP contribution in [0.1, 0.15) is 51.0 Å². The molecule has 0 aromatic heterocycles. The third-order valence-electron chi connectivity index (χ3n) is 5.47. The summed E-state index contributed by atoms with van der Waals surface area (Å²) in [6.45, 7) is 8.51. The molecule has 2 saturated heterocycles. The second-order valence-electron chi connectivity index (χ2n) is 7.10. The van der Waals surface area contributed by atoms with Gasteiger partial charge in [-0.05, 0) is 67.8 Å². The molecule has 2 heterocycles. The van der Waals surface area contributed by atoms with Crippen LogP contribution in [0, 0.1) is 11.2 Å². The monoisotopic (exact) mass is 290 g/mol. The first kappa shape index (κ1) is 14.8. The smallest absolute Gasteiger partial charge is 0.146 e. The van der Waals surface area contributed by atoms with Crippen LogP contribution in [0.2, 0.25) is 0 Å². The molecule has 0 saturated carbocycles. The summed E-state index contributed by atoms with van der Waals surface area (Å²) in [4.78, 5) is 2.24. The van der Waals surface area contributed by atoms with Gasteiger partial charge in [0.05, 0.1) is 5.69 Å². The summed E-state index contributed by atoms with van der Waals surface area (Å²) in [6, 6.07) is 5.78. The van der Waals surface area contributed by atoms with E-state index in [-0.39, 0.29) is 5.82 Å². The van der Waals surface area contributed by atoms with E-state index >= 15 is 0 Å². The van der Waals surface area contributed by atoms with Crippen LogP contribution in [0.15, 0.2) is 18.2 Å². The van der Waals surface area contributed by atoms with Crippen molar-refractivity contribution in [2.45, 2.75) is 45.4 Å². The Morgan fingerprint density at radius 3 is 2.33 bits per heavy atom. The van der Waals surface area contributed by atoms with Crippen molar-refractivity contribution in [3.63, 3.8) is 0 Å². The van der Waals surface area contributed by atoms with Crippen LogP contribution in [0.25, 0.3) is 0 Å². The van der Waals surface area contributed by atoms with Gasteiger partial charge in [-0.1, -0.05) is 19.9 Å². The number of rotatable bonds is 2. The van der Waals surface area contributed by atoms with E-state index in [1.807, 2.05) is 6.07 Å². The molecule has 3 rings (SSSR count). The van der Waals surface area contributed by atoms with Crippen LogP contribution in [0.4, 0.5) is 10.1 Å². The molecule has 0 bridgehead atoms. The minimum Gasteiger partial charge on any atom is -0.369 e.